The second-order valence-corrected chi connectivity index (χ2v) is 4.93. The fourth-order valence-electron chi connectivity index (χ4n) is 2.48. The fraction of sp³-hybridized carbons (Fsp3) is 0.357. The van der Waals surface area contributed by atoms with Crippen molar-refractivity contribution in [2.45, 2.75) is 12.5 Å². The third-order valence-electron chi connectivity index (χ3n) is 3.69. The second kappa shape index (κ2) is 4.59. The van der Waals surface area contributed by atoms with Gasteiger partial charge < -0.3 is 20.4 Å². The van der Waals surface area contributed by atoms with Crippen LogP contribution in [0.2, 0.25) is 0 Å². The highest BCUT2D eigenvalue weighted by molar-refractivity contribution is 6.00. The molecule has 2 aromatic rings. The first kappa shape index (κ1) is 12.0. The lowest BCUT2D eigenvalue weighted by atomic mass is 10.2. The van der Waals surface area contributed by atoms with Gasteiger partial charge in [-0.15, -0.1) is 0 Å². The first-order valence-electron chi connectivity index (χ1n) is 6.39. The highest BCUT2D eigenvalue weighted by atomic mass is 16.5. The molecule has 2 heterocycles. The maximum atomic E-state index is 12.4. The molecule has 5 heteroatoms. The number of nitrogens with one attached hydrogen (secondary N) is 1. The fourth-order valence-corrected chi connectivity index (χ4v) is 2.48. The van der Waals surface area contributed by atoms with Crippen molar-refractivity contribution in [2.75, 3.05) is 26.0 Å². The molecule has 19 heavy (non-hydrogen) atoms. The van der Waals surface area contributed by atoms with Gasteiger partial charge in [0.15, 0.2) is 0 Å². The predicted octanol–water partition coefficient (Wildman–Crippen LogP) is 1.61. The molecule has 1 aliphatic heterocycles. The van der Waals surface area contributed by atoms with Gasteiger partial charge >= 0.3 is 0 Å². The zero-order valence-electron chi connectivity index (χ0n) is 10.8. The molecule has 1 fully saturated rings. The highest BCUT2D eigenvalue weighted by Crippen LogP contribution is 2.22. The lowest BCUT2D eigenvalue weighted by Gasteiger charge is -2.22. The summed E-state index contributed by atoms with van der Waals surface area (Å²) in [6, 6.07) is 7.66. The van der Waals surface area contributed by atoms with E-state index in [1.165, 1.54) is 0 Å². The molecule has 0 bridgehead atoms. The summed E-state index contributed by atoms with van der Waals surface area (Å²) in [5.74, 6) is -0.0221. The number of nitrogens with two attached hydrogens (primary N) is 1. The number of ether oxygens (including phenoxy) is 1. The standard InChI is InChI=1S/C14H17N3O2/c1-17(10-5-6-19-8-10)14(18)12-7-9-3-2-4-11(15)13(9)16-12/h2-4,7,10,16H,5-6,8,15H2,1H3. The molecule has 5 nitrogen and oxygen atoms in total. The van der Waals surface area contributed by atoms with Crippen LogP contribution < -0.4 is 5.73 Å². The molecule has 3 N–H and O–H groups in total. The molecule has 1 aromatic carbocycles. The number of anilines is 1. The van der Waals surface area contributed by atoms with Crippen LogP contribution in [0.4, 0.5) is 5.69 Å². The van der Waals surface area contributed by atoms with E-state index < -0.39 is 0 Å². The van der Waals surface area contributed by atoms with Gasteiger partial charge in [0, 0.05) is 19.0 Å². The Morgan fingerprint density at radius 1 is 1.53 bits per heavy atom. The molecule has 0 saturated carbocycles. The Hall–Kier alpha value is -2.01. The van der Waals surface area contributed by atoms with Crippen molar-refractivity contribution < 1.29 is 9.53 Å². The van der Waals surface area contributed by atoms with Gasteiger partial charge in [-0.1, -0.05) is 12.1 Å². The van der Waals surface area contributed by atoms with Gasteiger partial charge in [-0.3, -0.25) is 4.79 Å². The molecule has 1 saturated heterocycles. The van der Waals surface area contributed by atoms with E-state index in [2.05, 4.69) is 4.98 Å². The summed E-state index contributed by atoms with van der Waals surface area (Å²) >= 11 is 0. The van der Waals surface area contributed by atoms with Crippen LogP contribution in [0.25, 0.3) is 10.9 Å². The number of carbonyl (C=O) groups excluding carboxylic acids is 1. The maximum Gasteiger partial charge on any atom is 0.270 e. The summed E-state index contributed by atoms with van der Waals surface area (Å²) in [5.41, 5.74) is 7.94. The molecule has 1 atom stereocenters. The van der Waals surface area contributed by atoms with E-state index in [1.807, 2.05) is 31.3 Å². The number of nitrogens with zero attached hydrogens (tertiary/aromatic N) is 1. The Balaban J connectivity index is 1.90. The molecule has 1 aliphatic rings. The third kappa shape index (κ3) is 2.06. The number of carbonyl (C=O) groups is 1. The number of nitrogen functional groups attached to an aromatic ring is 1. The van der Waals surface area contributed by atoms with Gasteiger partial charge in [0.1, 0.15) is 5.69 Å². The Morgan fingerprint density at radius 3 is 3.05 bits per heavy atom. The maximum absolute atomic E-state index is 12.4. The predicted molar refractivity (Wildman–Crippen MR) is 74.0 cm³/mol. The average molecular weight is 259 g/mol. The van der Waals surface area contributed by atoms with Crippen LogP contribution in [0, 0.1) is 0 Å². The summed E-state index contributed by atoms with van der Waals surface area (Å²) in [4.78, 5) is 17.3. The lowest BCUT2D eigenvalue weighted by molar-refractivity contribution is 0.0706. The van der Waals surface area contributed by atoms with Crippen molar-refractivity contribution in [1.29, 1.82) is 0 Å². The number of rotatable bonds is 2. The van der Waals surface area contributed by atoms with Crippen molar-refractivity contribution in [3.63, 3.8) is 0 Å². The Bertz CT molecular complexity index is 614. The van der Waals surface area contributed by atoms with Gasteiger partial charge in [-0.25, -0.2) is 0 Å². The van der Waals surface area contributed by atoms with Crippen LogP contribution in [-0.4, -0.2) is 42.1 Å². The molecule has 0 spiro atoms. The van der Waals surface area contributed by atoms with Crippen molar-refractivity contribution in [1.82, 2.24) is 9.88 Å². The molecule has 1 unspecified atom stereocenters. The van der Waals surface area contributed by atoms with Gasteiger partial charge in [0.25, 0.3) is 5.91 Å². The van der Waals surface area contributed by atoms with Crippen molar-refractivity contribution >= 4 is 22.5 Å². The zero-order valence-corrected chi connectivity index (χ0v) is 10.8. The Kier molecular flexibility index (Phi) is 2.91. The van der Waals surface area contributed by atoms with Gasteiger partial charge in [-0.2, -0.15) is 0 Å². The number of aromatic amines is 1. The SMILES string of the molecule is CN(C(=O)c1cc2cccc(N)c2[nH]1)C1CCOC1. The quantitative estimate of drug-likeness (QED) is 0.805. The molecule has 3 rings (SSSR count). The second-order valence-electron chi connectivity index (χ2n) is 4.93. The molecular weight excluding hydrogens is 242 g/mol. The zero-order chi connectivity index (χ0) is 13.4. The van der Waals surface area contributed by atoms with Crippen molar-refractivity contribution in [3.05, 3.63) is 30.0 Å². The molecule has 1 aromatic heterocycles. The van der Waals surface area contributed by atoms with Crippen LogP contribution in [0.1, 0.15) is 16.9 Å². The number of hydrogen-bond donors (Lipinski definition) is 2. The molecule has 1 amide bonds. The first-order valence-corrected chi connectivity index (χ1v) is 6.39. The van der Waals surface area contributed by atoms with Gasteiger partial charge in [-0.05, 0) is 18.6 Å². The van der Waals surface area contributed by atoms with Crippen molar-refractivity contribution in [3.8, 4) is 0 Å². The third-order valence-corrected chi connectivity index (χ3v) is 3.69. The smallest absolute Gasteiger partial charge is 0.270 e. The van der Waals surface area contributed by atoms with Crippen LogP contribution in [0.5, 0.6) is 0 Å². The number of para-hydroxylation sites is 1. The topological polar surface area (TPSA) is 71.3 Å². The van der Waals surface area contributed by atoms with Crippen LogP contribution in [0.3, 0.4) is 0 Å². The Labute approximate surface area is 111 Å². The minimum Gasteiger partial charge on any atom is -0.397 e. The average Bonchev–Trinajstić information content (AvgIpc) is 3.06. The van der Waals surface area contributed by atoms with Gasteiger partial charge in [0.05, 0.1) is 23.9 Å². The minimum atomic E-state index is -0.0221. The highest BCUT2D eigenvalue weighted by Gasteiger charge is 2.25. The molecule has 0 radical (unpaired) electrons. The number of amides is 1. The number of hydrogen-bond acceptors (Lipinski definition) is 3. The van der Waals surface area contributed by atoms with E-state index in [1.54, 1.807) is 4.90 Å². The van der Waals surface area contributed by atoms with E-state index in [0.29, 0.717) is 18.0 Å². The van der Waals surface area contributed by atoms with E-state index in [9.17, 15) is 4.79 Å². The number of benzene rings is 1. The molecule has 0 aliphatic carbocycles. The van der Waals surface area contributed by atoms with E-state index in [-0.39, 0.29) is 11.9 Å². The molecular formula is C14H17N3O2. The number of fused-ring (bicyclic) bond motifs is 1. The number of H-pyrrole nitrogens is 1. The summed E-state index contributed by atoms with van der Waals surface area (Å²) in [7, 11) is 1.82. The summed E-state index contributed by atoms with van der Waals surface area (Å²) in [6.45, 7) is 1.34. The summed E-state index contributed by atoms with van der Waals surface area (Å²) in [6.07, 6.45) is 0.893. The largest absolute Gasteiger partial charge is 0.397 e. The number of aromatic nitrogens is 1. The normalized spacial score (nSPS) is 18.9. The monoisotopic (exact) mass is 259 g/mol. The lowest BCUT2D eigenvalue weighted by Crippen LogP contribution is -2.37. The van der Waals surface area contributed by atoms with E-state index in [0.717, 1.165) is 23.9 Å². The van der Waals surface area contributed by atoms with Crippen LogP contribution >= 0.6 is 0 Å². The number of likely N-dealkylation sites (N-methyl/N-ethyl adjacent to an activating group) is 1. The van der Waals surface area contributed by atoms with Gasteiger partial charge in [0.2, 0.25) is 0 Å². The Morgan fingerprint density at radius 2 is 2.37 bits per heavy atom. The van der Waals surface area contributed by atoms with E-state index in [4.69, 9.17) is 10.5 Å². The minimum absolute atomic E-state index is 0.0221. The summed E-state index contributed by atoms with van der Waals surface area (Å²) < 4.78 is 5.32. The first-order chi connectivity index (χ1) is 9.16. The summed E-state index contributed by atoms with van der Waals surface area (Å²) in [5, 5.41) is 0.958. The van der Waals surface area contributed by atoms with Crippen LogP contribution in [0.15, 0.2) is 24.3 Å². The van der Waals surface area contributed by atoms with Crippen molar-refractivity contribution in [2.24, 2.45) is 0 Å². The van der Waals surface area contributed by atoms with Crippen LogP contribution in [-0.2, 0) is 4.74 Å². The van der Waals surface area contributed by atoms with E-state index >= 15 is 0 Å². The molecule has 100 valence electrons.